The monoisotopic (exact) mass is 382 g/mol. The zero-order valence-corrected chi connectivity index (χ0v) is 10.8. The molecule has 0 fully saturated rings. The molecule has 0 saturated carbocycles. The molecule has 1 aromatic carbocycles. The summed E-state index contributed by atoms with van der Waals surface area (Å²) in [5, 5.41) is 0. The highest BCUT2D eigenvalue weighted by Crippen LogP contribution is 2.28. The molecule has 0 aromatic heterocycles. The number of allylic oxidation sites excluding steroid dienone is 1. The third-order valence-corrected chi connectivity index (χ3v) is 3.57. The predicted molar refractivity (Wildman–Crippen MR) is 69.5 cm³/mol. The number of halogens is 2. The van der Waals surface area contributed by atoms with Crippen molar-refractivity contribution in [2.24, 2.45) is 0 Å². The van der Waals surface area contributed by atoms with E-state index in [-0.39, 0.29) is 0 Å². The van der Waals surface area contributed by atoms with Crippen LogP contribution in [-0.4, -0.2) is 0 Å². The Morgan fingerprint density at radius 3 is 2.75 bits per heavy atom. The molecular formula is C10H8I2. The van der Waals surface area contributed by atoms with Gasteiger partial charge >= 0.3 is 0 Å². The van der Waals surface area contributed by atoms with Gasteiger partial charge in [-0.2, -0.15) is 0 Å². The van der Waals surface area contributed by atoms with Crippen LogP contribution in [0.15, 0.2) is 21.8 Å². The van der Waals surface area contributed by atoms with Crippen LogP contribution in [-0.2, 0) is 6.42 Å². The lowest BCUT2D eigenvalue weighted by atomic mass is 9.98. The first-order chi connectivity index (χ1) is 5.75. The van der Waals surface area contributed by atoms with E-state index in [1.807, 2.05) is 0 Å². The van der Waals surface area contributed by atoms with Crippen LogP contribution >= 0.6 is 45.2 Å². The van der Waals surface area contributed by atoms with Crippen molar-refractivity contribution in [1.82, 2.24) is 0 Å². The van der Waals surface area contributed by atoms with Crippen molar-refractivity contribution >= 4 is 51.3 Å². The SMILES string of the molecule is IC1=Cc2ccc(I)cc2CC1. The fraction of sp³-hybridized carbons (Fsp3) is 0.200. The summed E-state index contributed by atoms with van der Waals surface area (Å²) in [4.78, 5) is 0. The van der Waals surface area contributed by atoms with Crippen molar-refractivity contribution in [2.75, 3.05) is 0 Å². The fourth-order valence-corrected chi connectivity index (χ4v) is 2.59. The quantitative estimate of drug-likeness (QED) is 0.595. The van der Waals surface area contributed by atoms with E-state index in [4.69, 9.17) is 0 Å². The third-order valence-electron chi connectivity index (χ3n) is 2.05. The lowest BCUT2D eigenvalue weighted by Gasteiger charge is -2.12. The van der Waals surface area contributed by atoms with E-state index in [0.717, 1.165) is 0 Å². The number of aryl methyl sites for hydroxylation is 1. The first kappa shape index (κ1) is 8.99. The zero-order valence-electron chi connectivity index (χ0n) is 6.48. The van der Waals surface area contributed by atoms with Crippen LogP contribution in [0.4, 0.5) is 0 Å². The van der Waals surface area contributed by atoms with E-state index in [0.29, 0.717) is 0 Å². The maximum absolute atomic E-state index is 2.42. The lowest BCUT2D eigenvalue weighted by molar-refractivity contribution is 0.979. The van der Waals surface area contributed by atoms with E-state index in [1.54, 1.807) is 0 Å². The number of benzene rings is 1. The van der Waals surface area contributed by atoms with Gasteiger partial charge < -0.3 is 0 Å². The minimum atomic E-state index is 1.21. The molecule has 0 atom stereocenters. The van der Waals surface area contributed by atoms with E-state index in [2.05, 4.69) is 69.5 Å². The number of hydrogen-bond acceptors (Lipinski definition) is 0. The maximum Gasteiger partial charge on any atom is 0.0133 e. The minimum absolute atomic E-state index is 1.21. The Balaban J connectivity index is 2.51. The largest absolute Gasteiger partial charge is 0.0536 e. The van der Waals surface area contributed by atoms with Crippen molar-refractivity contribution in [3.8, 4) is 0 Å². The van der Waals surface area contributed by atoms with Crippen molar-refractivity contribution in [3.63, 3.8) is 0 Å². The summed E-state index contributed by atoms with van der Waals surface area (Å²) in [5.41, 5.74) is 2.91. The molecule has 0 N–H and O–H groups in total. The molecule has 0 heterocycles. The fourth-order valence-electron chi connectivity index (χ4n) is 1.43. The smallest absolute Gasteiger partial charge is 0.0133 e. The molecule has 0 spiro atoms. The minimum Gasteiger partial charge on any atom is -0.0536 e. The van der Waals surface area contributed by atoms with Crippen molar-refractivity contribution < 1.29 is 0 Å². The second-order valence-electron chi connectivity index (χ2n) is 2.93. The molecule has 0 amide bonds. The molecule has 0 aliphatic heterocycles. The molecule has 1 aromatic rings. The highest BCUT2D eigenvalue weighted by Gasteiger charge is 2.07. The Labute approximate surface area is 99.7 Å². The van der Waals surface area contributed by atoms with Gasteiger partial charge in [0.1, 0.15) is 0 Å². The van der Waals surface area contributed by atoms with E-state index in [9.17, 15) is 0 Å². The summed E-state index contributed by atoms with van der Waals surface area (Å²) in [5.74, 6) is 0. The molecular weight excluding hydrogens is 374 g/mol. The van der Waals surface area contributed by atoms with Gasteiger partial charge in [0.15, 0.2) is 0 Å². The molecule has 2 rings (SSSR count). The van der Waals surface area contributed by atoms with Gasteiger partial charge in [-0.15, -0.1) is 0 Å². The Kier molecular flexibility index (Phi) is 2.74. The van der Waals surface area contributed by atoms with E-state index >= 15 is 0 Å². The van der Waals surface area contributed by atoms with Gasteiger partial charge in [-0.3, -0.25) is 0 Å². The van der Waals surface area contributed by atoms with Crippen LogP contribution in [0.5, 0.6) is 0 Å². The van der Waals surface area contributed by atoms with Crippen LogP contribution < -0.4 is 0 Å². The molecule has 1 aliphatic rings. The van der Waals surface area contributed by atoms with Gasteiger partial charge in [-0.25, -0.2) is 0 Å². The van der Waals surface area contributed by atoms with Gasteiger partial charge in [0.2, 0.25) is 0 Å². The molecule has 0 radical (unpaired) electrons. The Hall–Kier alpha value is 0.420. The standard InChI is InChI=1S/C10H8I2/c11-9-3-1-7-5-10(12)4-2-8(7)6-9/h1,3,5-6H,2,4H2. The number of rotatable bonds is 0. The molecule has 0 unspecified atom stereocenters. The van der Waals surface area contributed by atoms with Gasteiger partial charge in [0, 0.05) is 3.57 Å². The maximum atomic E-state index is 2.42. The number of fused-ring (bicyclic) bond motifs is 1. The van der Waals surface area contributed by atoms with Crippen molar-refractivity contribution in [3.05, 3.63) is 36.5 Å². The Morgan fingerprint density at radius 1 is 1.08 bits per heavy atom. The van der Waals surface area contributed by atoms with E-state index in [1.165, 1.54) is 31.1 Å². The topological polar surface area (TPSA) is 0 Å². The van der Waals surface area contributed by atoms with Crippen LogP contribution in [0.25, 0.3) is 6.08 Å². The average molecular weight is 382 g/mol. The summed E-state index contributed by atoms with van der Waals surface area (Å²) < 4.78 is 2.82. The summed E-state index contributed by atoms with van der Waals surface area (Å²) in [7, 11) is 0. The normalized spacial score (nSPS) is 15.3. The van der Waals surface area contributed by atoms with Crippen LogP contribution in [0.1, 0.15) is 17.5 Å². The average Bonchev–Trinajstić information content (AvgIpc) is 2.05. The summed E-state index contributed by atoms with van der Waals surface area (Å²) in [6.45, 7) is 0. The van der Waals surface area contributed by atoms with Crippen molar-refractivity contribution in [1.29, 1.82) is 0 Å². The molecule has 2 heteroatoms. The van der Waals surface area contributed by atoms with E-state index < -0.39 is 0 Å². The molecule has 12 heavy (non-hydrogen) atoms. The Bertz CT molecular complexity index is 340. The predicted octanol–water partition coefficient (Wildman–Crippen LogP) is 4.01. The van der Waals surface area contributed by atoms with Gasteiger partial charge in [-0.05, 0) is 90.9 Å². The van der Waals surface area contributed by atoms with Gasteiger partial charge in [0.25, 0.3) is 0 Å². The first-order valence-electron chi connectivity index (χ1n) is 3.90. The summed E-state index contributed by atoms with van der Waals surface area (Å²) in [6.07, 6.45) is 4.71. The van der Waals surface area contributed by atoms with Crippen LogP contribution in [0, 0.1) is 3.57 Å². The first-order valence-corrected chi connectivity index (χ1v) is 6.06. The second-order valence-corrected chi connectivity index (χ2v) is 5.57. The molecule has 1 aliphatic carbocycles. The Morgan fingerprint density at radius 2 is 1.92 bits per heavy atom. The van der Waals surface area contributed by atoms with Gasteiger partial charge in [-0.1, -0.05) is 6.07 Å². The summed E-state index contributed by atoms with van der Waals surface area (Å²) >= 11 is 4.79. The molecule has 62 valence electrons. The van der Waals surface area contributed by atoms with Crippen molar-refractivity contribution in [2.45, 2.75) is 12.8 Å². The summed E-state index contributed by atoms with van der Waals surface area (Å²) in [6, 6.07) is 6.68. The lowest BCUT2D eigenvalue weighted by Crippen LogP contribution is -1.96. The molecule has 0 saturated heterocycles. The van der Waals surface area contributed by atoms with Crippen LogP contribution in [0.3, 0.4) is 0 Å². The zero-order chi connectivity index (χ0) is 8.55. The third kappa shape index (κ3) is 1.84. The molecule has 0 nitrogen and oxygen atoms in total. The highest BCUT2D eigenvalue weighted by atomic mass is 127. The molecule has 0 bridgehead atoms. The second kappa shape index (κ2) is 3.65. The highest BCUT2D eigenvalue weighted by molar-refractivity contribution is 14.1. The number of hydrogen-bond donors (Lipinski definition) is 0. The van der Waals surface area contributed by atoms with Gasteiger partial charge in [0.05, 0.1) is 0 Å². The van der Waals surface area contributed by atoms with Crippen LogP contribution in [0.2, 0.25) is 0 Å².